The first kappa shape index (κ1) is 15.6. The number of hydrogen-bond acceptors (Lipinski definition) is 2. The van der Waals surface area contributed by atoms with Crippen molar-refractivity contribution in [2.75, 3.05) is 6.61 Å². The highest BCUT2D eigenvalue weighted by atomic mass is 16.5. The van der Waals surface area contributed by atoms with Crippen molar-refractivity contribution in [3.8, 4) is 0 Å². The molecule has 2 rings (SSSR count). The molecule has 20 heavy (non-hydrogen) atoms. The van der Waals surface area contributed by atoms with E-state index in [-0.39, 0.29) is 5.97 Å². The van der Waals surface area contributed by atoms with Gasteiger partial charge in [0.25, 0.3) is 0 Å². The van der Waals surface area contributed by atoms with Crippen LogP contribution in [0.4, 0.5) is 0 Å². The Hall–Kier alpha value is -0.790. The molecule has 2 nitrogen and oxygen atoms in total. The van der Waals surface area contributed by atoms with Crippen LogP contribution < -0.4 is 0 Å². The maximum atomic E-state index is 11.9. The molecule has 114 valence electrons. The molecule has 0 spiro atoms. The number of ether oxygens (including phenoxy) is 1. The Kier molecular flexibility index (Phi) is 4.61. The number of esters is 1. The third-order valence-corrected chi connectivity index (χ3v) is 6.16. The van der Waals surface area contributed by atoms with Gasteiger partial charge in [-0.3, -0.25) is 0 Å². The van der Waals surface area contributed by atoms with Crippen molar-refractivity contribution < 1.29 is 9.53 Å². The van der Waals surface area contributed by atoms with Gasteiger partial charge >= 0.3 is 5.97 Å². The molecular weight excluding hydrogens is 248 g/mol. The van der Waals surface area contributed by atoms with E-state index in [2.05, 4.69) is 20.8 Å². The van der Waals surface area contributed by atoms with Gasteiger partial charge in [-0.25, -0.2) is 4.79 Å². The Bertz CT molecular complexity index is 406. The van der Waals surface area contributed by atoms with Gasteiger partial charge in [0.1, 0.15) is 0 Å². The Morgan fingerprint density at radius 1 is 1.30 bits per heavy atom. The van der Waals surface area contributed by atoms with Crippen molar-refractivity contribution in [3.05, 3.63) is 11.1 Å². The summed E-state index contributed by atoms with van der Waals surface area (Å²) in [7, 11) is 0. The van der Waals surface area contributed by atoms with Crippen molar-refractivity contribution >= 4 is 5.97 Å². The molecule has 0 bridgehead atoms. The first-order chi connectivity index (χ1) is 9.37. The molecule has 2 saturated carbocycles. The standard InChI is InChI=1S/C18H30O2/c1-6-20-17(19)13(3)15-10-9-14-8-7-12(2)18(4,5)16(14)11-15/h12,14,16H,6-11H2,1-5H3. The van der Waals surface area contributed by atoms with Crippen LogP contribution in [0.15, 0.2) is 11.1 Å². The van der Waals surface area contributed by atoms with E-state index in [1.165, 1.54) is 24.8 Å². The van der Waals surface area contributed by atoms with Crippen molar-refractivity contribution in [2.24, 2.45) is 23.2 Å². The highest BCUT2D eigenvalue weighted by molar-refractivity contribution is 5.88. The second-order valence-electron chi connectivity index (χ2n) is 7.36. The number of carbonyl (C=O) groups excluding carboxylic acids is 1. The summed E-state index contributed by atoms with van der Waals surface area (Å²) in [4.78, 5) is 11.9. The Labute approximate surface area is 124 Å². The number of allylic oxidation sites excluding steroid dienone is 1. The minimum atomic E-state index is -0.109. The van der Waals surface area contributed by atoms with E-state index in [0.717, 1.165) is 36.2 Å². The molecule has 0 heterocycles. The summed E-state index contributed by atoms with van der Waals surface area (Å²) in [6.45, 7) is 11.5. The predicted molar refractivity (Wildman–Crippen MR) is 82.3 cm³/mol. The van der Waals surface area contributed by atoms with Gasteiger partial charge in [-0.2, -0.15) is 0 Å². The molecule has 0 amide bonds. The van der Waals surface area contributed by atoms with Gasteiger partial charge in [0, 0.05) is 5.57 Å². The average molecular weight is 278 g/mol. The van der Waals surface area contributed by atoms with Gasteiger partial charge < -0.3 is 4.74 Å². The van der Waals surface area contributed by atoms with E-state index in [9.17, 15) is 4.79 Å². The monoisotopic (exact) mass is 278 g/mol. The molecule has 3 unspecified atom stereocenters. The van der Waals surface area contributed by atoms with Crippen LogP contribution in [0.2, 0.25) is 0 Å². The zero-order valence-corrected chi connectivity index (χ0v) is 13.8. The minimum Gasteiger partial charge on any atom is -0.463 e. The predicted octanol–water partition coefficient (Wildman–Crippen LogP) is 4.74. The molecule has 0 aromatic carbocycles. The highest BCUT2D eigenvalue weighted by Gasteiger charge is 2.45. The van der Waals surface area contributed by atoms with Crippen LogP contribution in [0.3, 0.4) is 0 Å². The summed E-state index contributed by atoms with van der Waals surface area (Å²) in [5.41, 5.74) is 2.62. The summed E-state index contributed by atoms with van der Waals surface area (Å²) in [6, 6.07) is 0. The second kappa shape index (κ2) is 5.91. The lowest BCUT2D eigenvalue weighted by molar-refractivity contribution is -0.138. The van der Waals surface area contributed by atoms with E-state index < -0.39 is 0 Å². The fourth-order valence-electron chi connectivity index (χ4n) is 4.24. The van der Waals surface area contributed by atoms with E-state index in [1.54, 1.807) is 0 Å². The van der Waals surface area contributed by atoms with Crippen LogP contribution in [0.1, 0.15) is 66.7 Å². The fourth-order valence-corrected chi connectivity index (χ4v) is 4.24. The molecule has 0 aromatic rings. The summed E-state index contributed by atoms with van der Waals surface area (Å²) >= 11 is 0. The Morgan fingerprint density at radius 3 is 2.65 bits per heavy atom. The molecule has 3 atom stereocenters. The number of rotatable bonds is 2. The highest BCUT2D eigenvalue weighted by Crippen LogP contribution is 2.54. The van der Waals surface area contributed by atoms with Crippen molar-refractivity contribution in [1.29, 1.82) is 0 Å². The van der Waals surface area contributed by atoms with Gasteiger partial charge in [-0.05, 0) is 69.1 Å². The SMILES string of the molecule is CCOC(=O)C(C)=C1CCC2CCC(C)C(C)(C)C2C1. The van der Waals surface area contributed by atoms with Gasteiger partial charge in [0.2, 0.25) is 0 Å². The number of carbonyl (C=O) groups is 1. The summed E-state index contributed by atoms with van der Waals surface area (Å²) in [5, 5.41) is 0. The quantitative estimate of drug-likeness (QED) is 0.539. The van der Waals surface area contributed by atoms with E-state index in [4.69, 9.17) is 4.74 Å². The van der Waals surface area contributed by atoms with Crippen molar-refractivity contribution in [1.82, 2.24) is 0 Å². The maximum Gasteiger partial charge on any atom is 0.333 e. The molecule has 2 aliphatic rings. The van der Waals surface area contributed by atoms with Gasteiger partial charge in [-0.15, -0.1) is 0 Å². The van der Waals surface area contributed by atoms with Gasteiger partial charge in [0.05, 0.1) is 6.61 Å². The lowest BCUT2D eigenvalue weighted by Crippen LogP contribution is -2.42. The third-order valence-electron chi connectivity index (χ3n) is 6.16. The second-order valence-corrected chi connectivity index (χ2v) is 7.36. The van der Waals surface area contributed by atoms with Crippen LogP contribution >= 0.6 is 0 Å². The Balaban J connectivity index is 2.19. The number of hydrogen-bond donors (Lipinski definition) is 0. The summed E-state index contributed by atoms with van der Waals surface area (Å²) < 4.78 is 5.17. The first-order valence-corrected chi connectivity index (χ1v) is 8.23. The van der Waals surface area contributed by atoms with Crippen molar-refractivity contribution in [2.45, 2.75) is 66.7 Å². The fraction of sp³-hybridized carbons (Fsp3) is 0.833. The summed E-state index contributed by atoms with van der Waals surface area (Å²) in [6.07, 6.45) is 6.20. The molecule has 2 fully saturated rings. The lowest BCUT2D eigenvalue weighted by atomic mass is 9.54. The van der Waals surface area contributed by atoms with Crippen LogP contribution in [0.25, 0.3) is 0 Å². The van der Waals surface area contributed by atoms with Gasteiger partial charge in [0.15, 0.2) is 0 Å². The van der Waals surface area contributed by atoms with Crippen LogP contribution in [-0.2, 0) is 9.53 Å². The maximum absolute atomic E-state index is 11.9. The minimum absolute atomic E-state index is 0.109. The Morgan fingerprint density at radius 2 is 2.00 bits per heavy atom. The van der Waals surface area contributed by atoms with Crippen molar-refractivity contribution in [3.63, 3.8) is 0 Å². The average Bonchev–Trinajstić information content (AvgIpc) is 2.42. The van der Waals surface area contributed by atoms with Gasteiger partial charge in [-0.1, -0.05) is 26.3 Å². The molecule has 0 saturated heterocycles. The zero-order chi connectivity index (χ0) is 14.9. The molecule has 0 radical (unpaired) electrons. The van der Waals surface area contributed by atoms with Crippen LogP contribution in [0, 0.1) is 23.2 Å². The third kappa shape index (κ3) is 2.80. The molecule has 0 aromatic heterocycles. The molecule has 0 aliphatic heterocycles. The van der Waals surface area contributed by atoms with Crippen LogP contribution in [0.5, 0.6) is 0 Å². The van der Waals surface area contributed by atoms with E-state index >= 15 is 0 Å². The normalized spacial score (nSPS) is 35.1. The smallest absolute Gasteiger partial charge is 0.333 e. The topological polar surface area (TPSA) is 26.3 Å². The molecule has 2 aliphatic carbocycles. The largest absolute Gasteiger partial charge is 0.463 e. The molecule has 2 heteroatoms. The number of fused-ring (bicyclic) bond motifs is 1. The zero-order valence-electron chi connectivity index (χ0n) is 13.8. The first-order valence-electron chi connectivity index (χ1n) is 8.23. The van der Waals surface area contributed by atoms with E-state index in [0.29, 0.717) is 12.0 Å². The van der Waals surface area contributed by atoms with E-state index in [1.807, 2.05) is 13.8 Å². The lowest BCUT2D eigenvalue weighted by Gasteiger charge is -2.51. The molecular formula is C18H30O2. The molecule has 0 N–H and O–H groups in total. The summed E-state index contributed by atoms with van der Waals surface area (Å²) in [5.74, 6) is 2.27. The van der Waals surface area contributed by atoms with Crippen LogP contribution in [-0.4, -0.2) is 12.6 Å².